The van der Waals surface area contributed by atoms with Gasteiger partial charge in [-0.2, -0.15) is 5.10 Å². The fourth-order valence-electron chi connectivity index (χ4n) is 2.95. The van der Waals surface area contributed by atoms with E-state index in [2.05, 4.69) is 43.2 Å². The normalized spacial score (nSPS) is 17.8. The third kappa shape index (κ3) is 3.28. The van der Waals surface area contributed by atoms with Gasteiger partial charge in [-0.15, -0.1) is 11.3 Å². The number of ether oxygens (including phenoxy) is 1. The van der Waals surface area contributed by atoms with Gasteiger partial charge in [-0.1, -0.05) is 12.1 Å². The Morgan fingerprint density at radius 3 is 3.00 bits per heavy atom. The first-order valence-electron chi connectivity index (χ1n) is 7.69. The second kappa shape index (κ2) is 6.52. The minimum atomic E-state index is 0.204. The van der Waals surface area contributed by atoms with Crippen molar-refractivity contribution in [1.29, 1.82) is 0 Å². The summed E-state index contributed by atoms with van der Waals surface area (Å²) in [5.74, 6) is 0.664. The molecule has 6 heteroatoms. The monoisotopic (exact) mass is 326 g/mol. The molecule has 1 aliphatic rings. The lowest BCUT2D eigenvalue weighted by molar-refractivity contribution is 0.126. The Bertz CT molecular complexity index is 741. The van der Waals surface area contributed by atoms with E-state index in [0.29, 0.717) is 12.5 Å². The molecule has 1 atom stereocenters. The van der Waals surface area contributed by atoms with Crippen LogP contribution in [0.4, 0.5) is 0 Å². The highest BCUT2D eigenvalue weighted by Gasteiger charge is 2.26. The highest BCUT2D eigenvalue weighted by Crippen LogP contribution is 2.23. The Morgan fingerprint density at radius 2 is 2.17 bits per heavy atom. The van der Waals surface area contributed by atoms with Crippen molar-refractivity contribution in [1.82, 2.24) is 19.7 Å². The molecule has 0 unspecified atom stereocenters. The predicted octanol–water partition coefficient (Wildman–Crippen LogP) is 2.98. The smallest absolute Gasteiger partial charge is 0.213 e. The molecule has 0 spiro atoms. The number of fused-ring (bicyclic) bond motifs is 1. The molecule has 3 aromatic rings. The Labute approximate surface area is 139 Å². The van der Waals surface area contributed by atoms with Crippen LogP contribution in [0.25, 0.3) is 0 Å². The number of hydrogen-bond acceptors (Lipinski definition) is 5. The topological polar surface area (TPSA) is 43.2 Å². The first kappa shape index (κ1) is 14.4. The van der Waals surface area contributed by atoms with Crippen molar-refractivity contribution in [2.45, 2.75) is 19.1 Å². The van der Waals surface area contributed by atoms with Crippen molar-refractivity contribution in [3.8, 4) is 5.88 Å². The Balaban J connectivity index is 1.47. The molecule has 0 aliphatic carbocycles. The van der Waals surface area contributed by atoms with Crippen molar-refractivity contribution in [2.75, 3.05) is 13.2 Å². The number of nitrogens with zero attached hydrogens (tertiary/aromatic N) is 4. The highest BCUT2D eigenvalue weighted by atomic mass is 32.1. The van der Waals surface area contributed by atoms with Crippen LogP contribution < -0.4 is 4.74 Å². The van der Waals surface area contributed by atoms with Crippen molar-refractivity contribution in [2.24, 2.45) is 0 Å². The molecule has 0 bridgehead atoms. The average molecular weight is 326 g/mol. The highest BCUT2D eigenvalue weighted by molar-refractivity contribution is 7.09. The van der Waals surface area contributed by atoms with E-state index < -0.39 is 0 Å². The van der Waals surface area contributed by atoms with E-state index in [1.807, 2.05) is 24.4 Å². The summed E-state index contributed by atoms with van der Waals surface area (Å²) in [6.45, 7) is 3.41. The van der Waals surface area contributed by atoms with E-state index in [0.717, 1.165) is 19.6 Å². The number of aromatic nitrogens is 3. The van der Waals surface area contributed by atoms with Gasteiger partial charge in [-0.05, 0) is 23.6 Å². The fourth-order valence-corrected chi connectivity index (χ4v) is 3.69. The summed E-state index contributed by atoms with van der Waals surface area (Å²) < 4.78 is 7.95. The molecular formula is C17H18N4OS. The molecule has 4 rings (SSSR count). The van der Waals surface area contributed by atoms with Crippen LogP contribution in [0.2, 0.25) is 0 Å². The molecule has 3 aromatic heterocycles. The van der Waals surface area contributed by atoms with Crippen LogP contribution in [-0.2, 0) is 13.1 Å². The molecule has 5 nitrogen and oxygen atoms in total. The maximum absolute atomic E-state index is 5.86. The van der Waals surface area contributed by atoms with E-state index in [-0.39, 0.29) is 6.04 Å². The van der Waals surface area contributed by atoms with Crippen LogP contribution >= 0.6 is 11.3 Å². The molecule has 0 fully saturated rings. The quantitative estimate of drug-likeness (QED) is 0.723. The number of hydrogen-bond donors (Lipinski definition) is 0. The molecule has 0 radical (unpaired) electrons. The predicted molar refractivity (Wildman–Crippen MR) is 89.4 cm³/mol. The van der Waals surface area contributed by atoms with Gasteiger partial charge in [-0.25, -0.2) is 4.98 Å². The zero-order valence-corrected chi connectivity index (χ0v) is 13.5. The van der Waals surface area contributed by atoms with Gasteiger partial charge in [0.2, 0.25) is 5.88 Å². The molecular weight excluding hydrogens is 308 g/mol. The lowest BCUT2D eigenvalue weighted by atomic mass is 10.2. The summed E-state index contributed by atoms with van der Waals surface area (Å²) in [4.78, 5) is 8.07. The van der Waals surface area contributed by atoms with Gasteiger partial charge in [0, 0.05) is 43.0 Å². The van der Waals surface area contributed by atoms with Crippen LogP contribution in [0.5, 0.6) is 5.88 Å². The van der Waals surface area contributed by atoms with E-state index in [4.69, 9.17) is 4.74 Å². The number of pyridine rings is 1. The zero-order chi connectivity index (χ0) is 15.5. The summed E-state index contributed by atoms with van der Waals surface area (Å²) in [5, 5.41) is 6.60. The average Bonchev–Trinajstić information content (AvgIpc) is 3.25. The summed E-state index contributed by atoms with van der Waals surface area (Å²) in [6.07, 6.45) is 3.62. The first-order valence-corrected chi connectivity index (χ1v) is 8.57. The van der Waals surface area contributed by atoms with E-state index in [1.54, 1.807) is 17.5 Å². The molecule has 0 saturated carbocycles. The molecule has 4 heterocycles. The molecule has 0 amide bonds. The minimum absolute atomic E-state index is 0.204. The molecule has 0 N–H and O–H groups in total. The Kier molecular flexibility index (Phi) is 4.08. The molecule has 118 valence electrons. The van der Waals surface area contributed by atoms with Crippen LogP contribution in [-0.4, -0.2) is 32.8 Å². The van der Waals surface area contributed by atoms with E-state index in [1.165, 1.54) is 10.6 Å². The standard InChI is InChI=1S/C17H18N4OS/c1-2-7-18-17(5-1)22-13-15-11-20(12-16-4-3-9-23-16)10-14-6-8-19-21(14)15/h1-9,15H,10-13H2/t15-/m1/s1. The number of rotatable bonds is 5. The van der Waals surface area contributed by atoms with Crippen LogP contribution in [0.3, 0.4) is 0 Å². The van der Waals surface area contributed by atoms with Crippen molar-refractivity contribution in [3.05, 3.63) is 64.7 Å². The van der Waals surface area contributed by atoms with E-state index >= 15 is 0 Å². The van der Waals surface area contributed by atoms with Gasteiger partial charge >= 0.3 is 0 Å². The molecule has 23 heavy (non-hydrogen) atoms. The van der Waals surface area contributed by atoms with Gasteiger partial charge in [0.25, 0.3) is 0 Å². The maximum atomic E-state index is 5.86. The van der Waals surface area contributed by atoms with Gasteiger partial charge in [0.05, 0.1) is 11.7 Å². The van der Waals surface area contributed by atoms with Gasteiger partial charge in [0.15, 0.2) is 0 Å². The minimum Gasteiger partial charge on any atom is -0.475 e. The van der Waals surface area contributed by atoms with Gasteiger partial charge < -0.3 is 4.74 Å². The molecule has 0 saturated heterocycles. The van der Waals surface area contributed by atoms with Gasteiger partial charge in [-0.3, -0.25) is 9.58 Å². The third-order valence-corrected chi connectivity index (χ3v) is 4.83. The molecule has 1 aliphatic heterocycles. The second-order valence-corrected chi connectivity index (χ2v) is 6.68. The third-order valence-electron chi connectivity index (χ3n) is 3.97. The van der Waals surface area contributed by atoms with Crippen LogP contribution in [0.15, 0.2) is 54.2 Å². The van der Waals surface area contributed by atoms with Crippen molar-refractivity contribution >= 4 is 11.3 Å². The van der Waals surface area contributed by atoms with Crippen molar-refractivity contribution < 1.29 is 4.74 Å². The summed E-state index contributed by atoms with van der Waals surface area (Å²) in [6, 6.07) is 12.3. The maximum Gasteiger partial charge on any atom is 0.213 e. The largest absolute Gasteiger partial charge is 0.475 e. The summed E-state index contributed by atoms with van der Waals surface area (Å²) in [5.41, 5.74) is 1.24. The second-order valence-electron chi connectivity index (χ2n) is 5.65. The zero-order valence-electron chi connectivity index (χ0n) is 12.7. The fraction of sp³-hybridized carbons (Fsp3) is 0.294. The Morgan fingerprint density at radius 1 is 1.17 bits per heavy atom. The van der Waals surface area contributed by atoms with Crippen molar-refractivity contribution in [3.63, 3.8) is 0 Å². The number of thiophene rings is 1. The molecule has 0 aromatic carbocycles. The summed E-state index contributed by atoms with van der Waals surface area (Å²) >= 11 is 1.81. The van der Waals surface area contributed by atoms with E-state index in [9.17, 15) is 0 Å². The summed E-state index contributed by atoms with van der Waals surface area (Å²) in [7, 11) is 0. The lowest BCUT2D eigenvalue weighted by Gasteiger charge is -2.33. The van der Waals surface area contributed by atoms with Gasteiger partial charge in [0.1, 0.15) is 6.61 Å². The first-order chi connectivity index (χ1) is 11.4. The Hall–Kier alpha value is -2.18. The lowest BCUT2D eigenvalue weighted by Crippen LogP contribution is -2.39. The van der Waals surface area contributed by atoms with Crippen LogP contribution in [0, 0.1) is 0 Å². The SMILES string of the molecule is c1ccc(OC[C@H]2CN(Cc3cccs3)Cc3ccnn32)nc1. The van der Waals surface area contributed by atoms with Crippen LogP contribution in [0.1, 0.15) is 16.6 Å².